The van der Waals surface area contributed by atoms with Crippen LogP contribution in [0.15, 0.2) is 4.99 Å². The van der Waals surface area contributed by atoms with Crippen molar-refractivity contribution in [3.05, 3.63) is 0 Å². The number of nitrogens with zero attached hydrogens (tertiary/aromatic N) is 3. The fraction of sp³-hybridized carbons (Fsp3) is 0.875. The predicted molar refractivity (Wildman–Crippen MR) is 106 cm³/mol. The molecule has 1 amide bonds. The van der Waals surface area contributed by atoms with E-state index in [1.165, 1.54) is 0 Å². The standard InChI is InChI=1S/C16H34N6O4S/c1-16(2,20-27(5,24)25)13-19-15(17-3)22-9-7-21(8-10-22)12-14(23)18-6-11-26-4/h20H,6-13H2,1-5H3,(H,17,19)(H,18,23). The highest BCUT2D eigenvalue weighted by atomic mass is 32.2. The quantitative estimate of drug-likeness (QED) is 0.237. The molecule has 0 unspecified atom stereocenters. The largest absolute Gasteiger partial charge is 0.383 e. The van der Waals surface area contributed by atoms with Crippen molar-refractivity contribution in [1.29, 1.82) is 0 Å². The second kappa shape index (κ2) is 10.8. The Morgan fingerprint density at radius 2 is 1.81 bits per heavy atom. The van der Waals surface area contributed by atoms with Crippen molar-refractivity contribution in [2.24, 2.45) is 4.99 Å². The average molecular weight is 407 g/mol. The summed E-state index contributed by atoms with van der Waals surface area (Å²) in [7, 11) is 0.0206. The monoisotopic (exact) mass is 406 g/mol. The Bertz CT molecular complexity index is 600. The van der Waals surface area contributed by atoms with E-state index in [0.717, 1.165) is 38.4 Å². The lowest BCUT2D eigenvalue weighted by molar-refractivity contribution is -0.122. The number of nitrogens with one attached hydrogen (secondary N) is 3. The normalized spacial score (nSPS) is 17.1. The Balaban J connectivity index is 2.42. The van der Waals surface area contributed by atoms with E-state index in [2.05, 4.69) is 30.1 Å². The lowest BCUT2D eigenvalue weighted by Gasteiger charge is -2.37. The lowest BCUT2D eigenvalue weighted by Crippen LogP contribution is -2.57. The van der Waals surface area contributed by atoms with Crippen LogP contribution in [-0.4, -0.2) is 108 Å². The van der Waals surface area contributed by atoms with Crippen molar-refractivity contribution in [2.75, 3.05) is 72.8 Å². The Morgan fingerprint density at radius 3 is 2.33 bits per heavy atom. The molecule has 0 aromatic heterocycles. The molecule has 0 saturated carbocycles. The average Bonchev–Trinajstić information content (AvgIpc) is 2.55. The number of carbonyl (C=O) groups excluding carboxylic acids is 1. The number of amides is 1. The van der Waals surface area contributed by atoms with E-state index in [1.807, 2.05) is 13.8 Å². The van der Waals surface area contributed by atoms with Gasteiger partial charge in [-0.25, -0.2) is 13.1 Å². The second-order valence-corrected chi connectivity index (χ2v) is 9.01. The molecule has 0 aliphatic carbocycles. The van der Waals surface area contributed by atoms with E-state index in [4.69, 9.17) is 4.74 Å². The van der Waals surface area contributed by atoms with E-state index in [0.29, 0.717) is 26.2 Å². The maximum Gasteiger partial charge on any atom is 0.234 e. The molecule has 1 heterocycles. The summed E-state index contributed by atoms with van der Waals surface area (Å²) in [6.45, 7) is 8.42. The van der Waals surface area contributed by atoms with E-state index < -0.39 is 15.6 Å². The summed E-state index contributed by atoms with van der Waals surface area (Å²) in [6, 6.07) is 0. The molecule has 0 spiro atoms. The van der Waals surface area contributed by atoms with Crippen LogP contribution in [0.5, 0.6) is 0 Å². The predicted octanol–water partition coefficient (Wildman–Crippen LogP) is -1.73. The minimum atomic E-state index is -3.28. The maximum atomic E-state index is 11.9. The topological polar surface area (TPSA) is 115 Å². The third kappa shape index (κ3) is 9.89. The molecular formula is C16H34N6O4S. The molecular weight excluding hydrogens is 372 g/mol. The number of ether oxygens (including phenoxy) is 1. The molecule has 0 radical (unpaired) electrons. The molecule has 1 saturated heterocycles. The van der Waals surface area contributed by atoms with Crippen LogP contribution in [0.1, 0.15) is 13.8 Å². The smallest absolute Gasteiger partial charge is 0.234 e. The Hall–Kier alpha value is -1.43. The summed E-state index contributed by atoms with van der Waals surface area (Å²) in [5.41, 5.74) is -0.633. The molecule has 1 aliphatic rings. The molecule has 0 aromatic carbocycles. The number of carbonyl (C=O) groups is 1. The third-order valence-corrected chi connectivity index (χ3v) is 4.95. The van der Waals surface area contributed by atoms with Gasteiger partial charge in [-0.05, 0) is 13.8 Å². The number of hydrogen-bond acceptors (Lipinski definition) is 6. The van der Waals surface area contributed by atoms with Gasteiger partial charge in [0.05, 0.1) is 19.4 Å². The molecule has 1 aliphatic heterocycles. The highest BCUT2D eigenvalue weighted by molar-refractivity contribution is 7.88. The zero-order valence-electron chi connectivity index (χ0n) is 17.0. The summed E-state index contributed by atoms with van der Waals surface area (Å²) in [5, 5.41) is 6.05. The van der Waals surface area contributed by atoms with E-state index in [-0.39, 0.29) is 5.91 Å². The number of hydrogen-bond donors (Lipinski definition) is 3. The van der Waals surface area contributed by atoms with Crippen LogP contribution in [-0.2, 0) is 19.6 Å². The van der Waals surface area contributed by atoms with Gasteiger partial charge in [0.1, 0.15) is 0 Å². The first kappa shape index (κ1) is 23.6. The fourth-order valence-electron chi connectivity index (χ4n) is 2.84. The first-order chi connectivity index (χ1) is 12.6. The molecule has 27 heavy (non-hydrogen) atoms. The zero-order valence-corrected chi connectivity index (χ0v) is 17.9. The summed E-state index contributed by atoms with van der Waals surface area (Å²) in [6.07, 6.45) is 1.15. The molecule has 10 nitrogen and oxygen atoms in total. The van der Waals surface area contributed by atoms with Gasteiger partial charge < -0.3 is 20.3 Å². The summed E-state index contributed by atoms with van der Waals surface area (Å²) < 4.78 is 30.4. The van der Waals surface area contributed by atoms with Gasteiger partial charge in [-0.1, -0.05) is 0 Å². The Labute approximate surface area is 162 Å². The van der Waals surface area contributed by atoms with Crippen LogP contribution in [0.4, 0.5) is 0 Å². The van der Waals surface area contributed by atoms with Gasteiger partial charge in [0.2, 0.25) is 15.9 Å². The highest BCUT2D eigenvalue weighted by Crippen LogP contribution is 2.05. The van der Waals surface area contributed by atoms with E-state index in [1.54, 1.807) is 14.2 Å². The van der Waals surface area contributed by atoms with Crippen molar-refractivity contribution in [2.45, 2.75) is 19.4 Å². The molecule has 11 heteroatoms. The Kier molecular flexibility index (Phi) is 9.43. The molecule has 3 N–H and O–H groups in total. The van der Waals surface area contributed by atoms with Gasteiger partial charge in [0.15, 0.2) is 5.96 Å². The number of aliphatic imine (C=N–C) groups is 1. The first-order valence-corrected chi connectivity index (χ1v) is 10.9. The van der Waals surface area contributed by atoms with Crippen LogP contribution in [0.3, 0.4) is 0 Å². The van der Waals surface area contributed by atoms with Crippen LogP contribution in [0, 0.1) is 0 Å². The summed E-state index contributed by atoms with van der Waals surface area (Å²) in [4.78, 5) is 20.4. The minimum absolute atomic E-state index is 0.00314. The molecule has 0 atom stereocenters. The number of methoxy groups -OCH3 is 1. The van der Waals surface area contributed by atoms with Gasteiger partial charge in [0.25, 0.3) is 0 Å². The lowest BCUT2D eigenvalue weighted by atomic mass is 10.1. The number of rotatable bonds is 9. The minimum Gasteiger partial charge on any atom is -0.383 e. The van der Waals surface area contributed by atoms with E-state index in [9.17, 15) is 13.2 Å². The van der Waals surface area contributed by atoms with Crippen molar-refractivity contribution in [3.8, 4) is 0 Å². The molecule has 0 bridgehead atoms. The zero-order chi connectivity index (χ0) is 20.5. The summed E-state index contributed by atoms with van der Waals surface area (Å²) >= 11 is 0. The fourth-order valence-corrected chi connectivity index (χ4v) is 3.92. The Morgan fingerprint density at radius 1 is 1.19 bits per heavy atom. The van der Waals surface area contributed by atoms with Crippen molar-refractivity contribution < 1.29 is 17.9 Å². The van der Waals surface area contributed by atoms with E-state index >= 15 is 0 Å². The van der Waals surface area contributed by atoms with Crippen molar-refractivity contribution in [1.82, 2.24) is 25.2 Å². The maximum absolute atomic E-state index is 11.9. The first-order valence-electron chi connectivity index (χ1n) is 8.99. The van der Waals surface area contributed by atoms with Gasteiger partial charge in [-0.2, -0.15) is 0 Å². The van der Waals surface area contributed by atoms with Crippen molar-refractivity contribution >= 4 is 21.9 Å². The second-order valence-electron chi connectivity index (χ2n) is 7.26. The third-order valence-electron chi connectivity index (χ3n) is 4.03. The summed E-state index contributed by atoms with van der Waals surface area (Å²) in [5.74, 6) is 0.721. The van der Waals surface area contributed by atoms with Crippen molar-refractivity contribution in [3.63, 3.8) is 0 Å². The SMILES string of the molecule is CN=C(NCC(C)(C)NS(C)(=O)=O)N1CCN(CC(=O)NCCOC)CC1. The highest BCUT2D eigenvalue weighted by Gasteiger charge is 2.25. The molecule has 158 valence electrons. The molecule has 0 aromatic rings. The van der Waals surface area contributed by atoms with Gasteiger partial charge in [-0.3, -0.25) is 14.7 Å². The van der Waals surface area contributed by atoms with Gasteiger partial charge in [0, 0.05) is 59.0 Å². The van der Waals surface area contributed by atoms with Crippen LogP contribution in [0.2, 0.25) is 0 Å². The van der Waals surface area contributed by atoms with Gasteiger partial charge >= 0.3 is 0 Å². The number of piperazine rings is 1. The van der Waals surface area contributed by atoms with Gasteiger partial charge in [-0.15, -0.1) is 0 Å². The number of guanidine groups is 1. The molecule has 1 rings (SSSR count). The molecule has 1 fully saturated rings. The van der Waals surface area contributed by atoms with Crippen LogP contribution >= 0.6 is 0 Å². The number of sulfonamides is 1. The van der Waals surface area contributed by atoms with Crippen LogP contribution < -0.4 is 15.4 Å². The van der Waals surface area contributed by atoms with Crippen LogP contribution in [0.25, 0.3) is 0 Å².